The van der Waals surface area contributed by atoms with E-state index in [2.05, 4.69) is 38.1 Å². The van der Waals surface area contributed by atoms with E-state index in [1.54, 1.807) is 6.20 Å². The van der Waals surface area contributed by atoms with Crippen molar-refractivity contribution in [2.75, 3.05) is 26.2 Å². The fraction of sp³-hybridized carbons (Fsp3) is 0.750. The van der Waals surface area contributed by atoms with Gasteiger partial charge in [-0.15, -0.1) is 12.4 Å². The zero-order valence-electron chi connectivity index (χ0n) is 14.1. The predicted octanol–water partition coefficient (Wildman–Crippen LogP) is 2.52. The second-order valence-corrected chi connectivity index (χ2v) is 6.89. The molecule has 22 heavy (non-hydrogen) atoms. The van der Waals surface area contributed by atoms with Crippen molar-refractivity contribution < 1.29 is 4.79 Å². The van der Waals surface area contributed by atoms with Crippen molar-refractivity contribution in [3.8, 4) is 0 Å². The van der Waals surface area contributed by atoms with E-state index in [1.165, 1.54) is 0 Å². The molecular formula is C16H29ClN4O. The Kier molecular flexibility index (Phi) is 6.88. The minimum absolute atomic E-state index is 0. The van der Waals surface area contributed by atoms with Crippen LogP contribution in [-0.2, 0) is 5.54 Å². The van der Waals surface area contributed by atoms with E-state index in [-0.39, 0.29) is 23.9 Å². The summed E-state index contributed by atoms with van der Waals surface area (Å²) in [6, 6.07) is 0. The molecular weight excluding hydrogens is 300 g/mol. The summed E-state index contributed by atoms with van der Waals surface area (Å²) in [5.74, 6) is 0.818. The average molecular weight is 329 g/mol. The molecule has 1 aromatic heterocycles. The van der Waals surface area contributed by atoms with Crippen molar-refractivity contribution in [2.24, 2.45) is 5.92 Å². The van der Waals surface area contributed by atoms with Gasteiger partial charge in [-0.3, -0.25) is 9.48 Å². The molecule has 0 aromatic carbocycles. The maximum Gasteiger partial charge on any atom is 0.257 e. The highest BCUT2D eigenvalue weighted by Gasteiger charge is 2.25. The van der Waals surface area contributed by atoms with E-state index in [0.717, 1.165) is 39.0 Å². The largest absolute Gasteiger partial charge is 0.339 e. The highest BCUT2D eigenvalue weighted by atomic mass is 35.5. The van der Waals surface area contributed by atoms with Crippen LogP contribution in [0.3, 0.4) is 0 Å². The highest BCUT2D eigenvalue weighted by molar-refractivity contribution is 5.93. The Morgan fingerprint density at radius 1 is 1.36 bits per heavy atom. The number of likely N-dealkylation sites (tertiary alicyclic amines) is 1. The van der Waals surface area contributed by atoms with Crippen molar-refractivity contribution in [3.05, 3.63) is 18.0 Å². The molecule has 1 N–H and O–H groups in total. The Bertz CT molecular complexity index is 473. The topological polar surface area (TPSA) is 50.2 Å². The van der Waals surface area contributed by atoms with Gasteiger partial charge in [-0.2, -0.15) is 5.10 Å². The van der Waals surface area contributed by atoms with Crippen LogP contribution in [0.5, 0.6) is 0 Å². The third-order valence-corrected chi connectivity index (χ3v) is 4.10. The fourth-order valence-corrected chi connectivity index (χ4v) is 2.67. The van der Waals surface area contributed by atoms with Gasteiger partial charge >= 0.3 is 0 Å². The van der Waals surface area contributed by atoms with Gasteiger partial charge in [0, 0.05) is 19.3 Å². The fourth-order valence-electron chi connectivity index (χ4n) is 2.67. The van der Waals surface area contributed by atoms with Gasteiger partial charge in [0.15, 0.2) is 0 Å². The van der Waals surface area contributed by atoms with Crippen molar-refractivity contribution in [3.63, 3.8) is 0 Å². The summed E-state index contributed by atoms with van der Waals surface area (Å²) < 4.78 is 1.86. The smallest absolute Gasteiger partial charge is 0.257 e. The van der Waals surface area contributed by atoms with Crippen molar-refractivity contribution in [1.29, 1.82) is 0 Å². The summed E-state index contributed by atoms with van der Waals surface area (Å²) in [7, 11) is 0. The van der Waals surface area contributed by atoms with Crippen LogP contribution in [-0.4, -0.2) is 46.8 Å². The first-order valence-corrected chi connectivity index (χ1v) is 7.97. The molecule has 0 radical (unpaired) electrons. The van der Waals surface area contributed by atoms with E-state index in [0.29, 0.717) is 11.5 Å². The third-order valence-electron chi connectivity index (χ3n) is 4.10. The number of piperidine rings is 1. The Hall–Kier alpha value is -1.07. The second kappa shape index (κ2) is 7.97. The molecule has 2 heterocycles. The summed E-state index contributed by atoms with van der Waals surface area (Å²) in [4.78, 5) is 14.5. The number of halogens is 1. The monoisotopic (exact) mass is 328 g/mol. The number of amides is 1. The molecule has 0 bridgehead atoms. The third kappa shape index (κ3) is 4.71. The molecule has 126 valence electrons. The molecule has 0 atom stereocenters. The standard InChI is InChI=1S/C16H28N4O.ClH/c1-5-17-10-13-6-8-19(9-7-13)15(21)14-11-18-20(12-14)16(2,3)4;/h11-13,17H,5-10H2,1-4H3;1H. The van der Waals surface area contributed by atoms with Gasteiger partial charge in [-0.1, -0.05) is 6.92 Å². The van der Waals surface area contributed by atoms with Crippen LogP contribution in [0, 0.1) is 5.92 Å². The first-order chi connectivity index (χ1) is 9.91. The Morgan fingerprint density at radius 3 is 2.50 bits per heavy atom. The van der Waals surface area contributed by atoms with Crippen LogP contribution in [0.4, 0.5) is 0 Å². The summed E-state index contributed by atoms with van der Waals surface area (Å²) in [5, 5.41) is 7.71. The normalized spacial score (nSPS) is 16.5. The van der Waals surface area contributed by atoms with Gasteiger partial charge in [0.25, 0.3) is 5.91 Å². The summed E-state index contributed by atoms with van der Waals surface area (Å²) in [5.41, 5.74) is 0.618. The molecule has 0 saturated carbocycles. The maximum atomic E-state index is 12.5. The van der Waals surface area contributed by atoms with Crippen LogP contribution in [0.2, 0.25) is 0 Å². The summed E-state index contributed by atoms with van der Waals surface area (Å²) in [6.45, 7) is 12.2. The molecule has 1 saturated heterocycles. The Balaban J connectivity index is 0.00000242. The molecule has 1 aliphatic rings. The van der Waals surface area contributed by atoms with Crippen LogP contribution < -0.4 is 5.32 Å². The zero-order chi connectivity index (χ0) is 15.5. The van der Waals surface area contributed by atoms with E-state index in [9.17, 15) is 4.79 Å². The van der Waals surface area contributed by atoms with Crippen LogP contribution >= 0.6 is 12.4 Å². The Morgan fingerprint density at radius 2 is 2.00 bits per heavy atom. The van der Waals surface area contributed by atoms with E-state index in [1.807, 2.05) is 15.8 Å². The SMILES string of the molecule is CCNCC1CCN(C(=O)c2cnn(C(C)(C)C)c2)CC1.Cl. The molecule has 1 fully saturated rings. The first-order valence-electron chi connectivity index (χ1n) is 7.97. The number of rotatable bonds is 4. The van der Waals surface area contributed by atoms with E-state index < -0.39 is 0 Å². The summed E-state index contributed by atoms with van der Waals surface area (Å²) >= 11 is 0. The number of hydrogen-bond donors (Lipinski definition) is 1. The quantitative estimate of drug-likeness (QED) is 0.924. The average Bonchev–Trinajstić information content (AvgIpc) is 2.95. The second-order valence-electron chi connectivity index (χ2n) is 6.89. The highest BCUT2D eigenvalue weighted by Crippen LogP contribution is 2.19. The number of aromatic nitrogens is 2. The minimum atomic E-state index is -0.0860. The summed E-state index contributed by atoms with van der Waals surface area (Å²) in [6.07, 6.45) is 5.74. The van der Waals surface area contributed by atoms with Gasteiger partial charge in [-0.25, -0.2) is 0 Å². The Labute approximate surface area is 139 Å². The lowest BCUT2D eigenvalue weighted by molar-refractivity contribution is 0.0690. The lowest BCUT2D eigenvalue weighted by Gasteiger charge is -2.31. The van der Waals surface area contributed by atoms with Gasteiger partial charge in [-0.05, 0) is 52.6 Å². The number of carbonyl (C=O) groups excluding carboxylic acids is 1. The number of nitrogens with one attached hydrogen (secondary N) is 1. The molecule has 2 rings (SSSR count). The molecule has 6 heteroatoms. The van der Waals surface area contributed by atoms with E-state index >= 15 is 0 Å². The van der Waals surface area contributed by atoms with Crippen LogP contribution in [0.1, 0.15) is 50.9 Å². The number of carbonyl (C=O) groups is 1. The predicted molar refractivity (Wildman–Crippen MR) is 91.6 cm³/mol. The lowest BCUT2D eigenvalue weighted by atomic mass is 9.96. The number of hydrogen-bond acceptors (Lipinski definition) is 3. The minimum Gasteiger partial charge on any atom is -0.339 e. The van der Waals surface area contributed by atoms with E-state index in [4.69, 9.17) is 0 Å². The maximum absolute atomic E-state index is 12.5. The zero-order valence-corrected chi connectivity index (χ0v) is 14.9. The first kappa shape index (κ1) is 19.0. The lowest BCUT2D eigenvalue weighted by Crippen LogP contribution is -2.40. The molecule has 0 aliphatic carbocycles. The molecule has 0 unspecified atom stereocenters. The van der Waals surface area contributed by atoms with Crippen LogP contribution in [0.25, 0.3) is 0 Å². The van der Waals surface area contributed by atoms with Gasteiger partial charge < -0.3 is 10.2 Å². The molecule has 1 amide bonds. The van der Waals surface area contributed by atoms with Crippen LogP contribution in [0.15, 0.2) is 12.4 Å². The molecule has 5 nitrogen and oxygen atoms in total. The van der Waals surface area contributed by atoms with Crippen molar-refractivity contribution in [1.82, 2.24) is 20.0 Å². The van der Waals surface area contributed by atoms with Crippen molar-refractivity contribution >= 4 is 18.3 Å². The van der Waals surface area contributed by atoms with Gasteiger partial charge in [0.05, 0.1) is 17.3 Å². The van der Waals surface area contributed by atoms with Crippen molar-refractivity contribution in [2.45, 2.75) is 46.1 Å². The van der Waals surface area contributed by atoms with Gasteiger partial charge in [0.2, 0.25) is 0 Å². The molecule has 0 spiro atoms. The van der Waals surface area contributed by atoms with Gasteiger partial charge in [0.1, 0.15) is 0 Å². The number of nitrogens with zero attached hydrogens (tertiary/aromatic N) is 3. The molecule has 1 aromatic rings. The molecule has 1 aliphatic heterocycles.